The Bertz CT molecular complexity index is 1370. The molecule has 11 heteroatoms. The molecular formula is C22H24ClN5O4S. The number of urea groups is 1. The van der Waals surface area contributed by atoms with Crippen molar-refractivity contribution in [2.24, 2.45) is 0 Å². The van der Waals surface area contributed by atoms with E-state index in [0.717, 1.165) is 14.7 Å². The van der Waals surface area contributed by atoms with Gasteiger partial charge >= 0.3 is 6.03 Å². The van der Waals surface area contributed by atoms with E-state index in [4.69, 9.17) is 11.6 Å². The van der Waals surface area contributed by atoms with Gasteiger partial charge in [0.1, 0.15) is 11.4 Å². The molecule has 174 valence electrons. The summed E-state index contributed by atoms with van der Waals surface area (Å²) in [6.45, 7) is 4.05. The van der Waals surface area contributed by atoms with E-state index < -0.39 is 27.5 Å². The molecule has 0 aliphatic carbocycles. The summed E-state index contributed by atoms with van der Waals surface area (Å²) in [7, 11) is -0.695. The van der Waals surface area contributed by atoms with Gasteiger partial charge in [-0.25, -0.2) is 22.5 Å². The maximum Gasteiger partial charge on any atom is 0.325 e. The van der Waals surface area contributed by atoms with Crippen LogP contribution in [-0.2, 0) is 33.4 Å². The standard InChI is InChI=1S/C22H24ClN5O4S/c1-5-27-18-11-10-16(33(31,32)26(3)4)12-17(18)24-19(27)13-28-20(29)22(2,25-21(28)30)14-6-8-15(23)9-7-14/h6-12H,5,13H2,1-4H3,(H,25,30)/t22-/m0/s1. The van der Waals surface area contributed by atoms with Gasteiger partial charge in [0.25, 0.3) is 5.91 Å². The smallest absolute Gasteiger partial charge is 0.325 e. The van der Waals surface area contributed by atoms with Gasteiger partial charge in [-0.2, -0.15) is 0 Å². The van der Waals surface area contributed by atoms with Gasteiger partial charge < -0.3 is 9.88 Å². The molecule has 1 aliphatic rings. The molecule has 1 N–H and O–H groups in total. The fourth-order valence-electron chi connectivity index (χ4n) is 3.97. The van der Waals surface area contributed by atoms with E-state index in [9.17, 15) is 18.0 Å². The average molecular weight is 490 g/mol. The van der Waals surface area contributed by atoms with E-state index >= 15 is 0 Å². The highest BCUT2D eigenvalue weighted by molar-refractivity contribution is 7.89. The number of aromatic nitrogens is 2. The molecule has 33 heavy (non-hydrogen) atoms. The highest BCUT2D eigenvalue weighted by Crippen LogP contribution is 2.31. The van der Waals surface area contributed by atoms with Gasteiger partial charge in [0.2, 0.25) is 10.0 Å². The highest BCUT2D eigenvalue weighted by atomic mass is 35.5. The second-order valence-electron chi connectivity index (χ2n) is 8.16. The number of carbonyl (C=O) groups is 2. The Kier molecular flexibility index (Phi) is 5.71. The van der Waals surface area contributed by atoms with Crippen LogP contribution in [0.4, 0.5) is 4.79 Å². The second-order valence-corrected chi connectivity index (χ2v) is 10.8. The van der Waals surface area contributed by atoms with Gasteiger partial charge in [0, 0.05) is 25.7 Å². The largest absolute Gasteiger partial charge is 0.327 e. The number of sulfonamides is 1. The van der Waals surface area contributed by atoms with Crippen LogP contribution in [0.3, 0.4) is 0 Å². The van der Waals surface area contributed by atoms with Crippen molar-refractivity contribution in [2.75, 3.05) is 14.1 Å². The summed E-state index contributed by atoms with van der Waals surface area (Å²) < 4.78 is 28.0. The third-order valence-corrected chi connectivity index (χ3v) is 7.95. The first-order valence-electron chi connectivity index (χ1n) is 10.3. The molecule has 2 aromatic carbocycles. The number of halogens is 1. The lowest BCUT2D eigenvalue weighted by molar-refractivity contribution is -0.131. The van der Waals surface area contributed by atoms with Crippen molar-refractivity contribution in [3.05, 3.63) is 58.9 Å². The third kappa shape index (κ3) is 3.77. The Morgan fingerprint density at radius 1 is 1.12 bits per heavy atom. The molecule has 0 saturated carbocycles. The van der Waals surface area contributed by atoms with Crippen LogP contribution in [0.25, 0.3) is 11.0 Å². The van der Waals surface area contributed by atoms with Gasteiger partial charge in [-0.3, -0.25) is 9.69 Å². The van der Waals surface area contributed by atoms with Gasteiger partial charge in [0.15, 0.2) is 0 Å². The SMILES string of the molecule is CCn1c(CN2C(=O)N[C@@](C)(c3ccc(Cl)cc3)C2=O)nc2cc(S(=O)(=O)N(C)C)ccc21. The molecule has 4 rings (SSSR count). The van der Waals surface area contributed by atoms with Crippen LogP contribution >= 0.6 is 11.6 Å². The molecule has 3 aromatic rings. The van der Waals surface area contributed by atoms with E-state index in [2.05, 4.69) is 10.3 Å². The summed E-state index contributed by atoms with van der Waals surface area (Å²) in [4.78, 5) is 31.9. The van der Waals surface area contributed by atoms with Crippen LogP contribution in [-0.4, -0.2) is 53.2 Å². The number of hydrogen-bond acceptors (Lipinski definition) is 5. The van der Waals surface area contributed by atoms with Crippen LogP contribution < -0.4 is 5.32 Å². The Labute approximate surface area is 197 Å². The number of nitrogens with one attached hydrogen (secondary N) is 1. The van der Waals surface area contributed by atoms with E-state index in [0.29, 0.717) is 28.5 Å². The lowest BCUT2D eigenvalue weighted by atomic mass is 9.92. The number of aryl methyl sites for hydroxylation is 1. The molecule has 2 heterocycles. The molecule has 1 saturated heterocycles. The Hall–Kier alpha value is -2.95. The summed E-state index contributed by atoms with van der Waals surface area (Å²) in [5, 5.41) is 3.30. The first-order chi connectivity index (χ1) is 15.5. The molecule has 1 fully saturated rings. The first-order valence-corrected chi connectivity index (χ1v) is 12.1. The Morgan fingerprint density at radius 2 is 1.79 bits per heavy atom. The Balaban J connectivity index is 1.70. The van der Waals surface area contributed by atoms with Crippen molar-refractivity contribution < 1.29 is 18.0 Å². The summed E-state index contributed by atoms with van der Waals surface area (Å²) in [5.74, 6) is 0.0798. The van der Waals surface area contributed by atoms with Crippen molar-refractivity contribution in [1.82, 2.24) is 24.1 Å². The highest BCUT2D eigenvalue weighted by Gasteiger charge is 2.49. The lowest BCUT2D eigenvalue weighted by Crippen LogP contribution is -2.40. The zero-order chi connectivity index (χ0) is 24.1. The number of fused-ring (bicyclic) bond motifs is 1. The minimum Gasteiger partial charge on any atom is -0.327 e. The predicted molar refractivity (Wildman–Crippen MR) is 124 cm³/mol. The fraction of sp³-hybridized carbons (Fsp3) is 0.318. The minimum absolute atomic E-state index is 0.0495. The van der Waals surface area contributed by atoms with E-state index in [1.807, 2.05) is 11.5 Å². The molecule has 0 radical (unpaired) electrons. The van der Waals surface area contributed by atoms with Gasteiger partial charge in [0.05, 0.1) is 22.5 Å². The maximum absolute atomic E-state index is 13.3. The van der Waals surface area contributed by atoms with Crippen molar-refractivity contribution in [3.63, 3.8) is 0 Å². The topological polar surface area (TPSA) is 105 Å². The molecule has 0 bridgehead atoms. The number of imide groups is 1. The zero-order valence-electron chi connectivity index (χ0n) is 18.7. The molecule has 3 amide bonds. The molecule has 1 aromatic heterocycles. The number of carbonyl (C=O) groups excluding carboxylic acids is 2. The number of hydrogen-bond donors (Lipinski definition) is 1. The predicted octanol–water partition coefficient (Wildman–Crippen LogP) is 2.93. The first kappa shape index (κ1) is 23.2. The van der Waals surface area contributed by atoms with Gasteiger partial charge in [-0.05, 0) is 49.7 Å². The van der Waals surface area contributed by atoms with Crippen LogP contribution in [0.5, 0.6) is 0 Å². The summed E-state index contributed by atoms with van der Waals surface area (Å²) in [6, 6.07) is 10.9. The van der Waals surface area contributed by atoms with Crippen molar-refractivity contribution >= 4 is 44.6 Å². The molecular weight excluding hydrogens is 466 g/mol. The van der Waals surface area contributed by atoms with Crippen LogP contribution in [0.1, 0.15) is 25.2 Å². The molecule has 0 spiro atoms. The van der Waals surface area contributed by atoms with Crippen LogP contribution in [0.2, 0.25) is 5.02 Å². The number of rotatable bonds is 6. The van der Waals surface area contributed by atoms with Crippen LogP contribution in [0, 0.1) is 0 Å². The summed E-state index contributed by atoms with van der Waals surface area (Å²) >= 11 is 5.96. The monoisotopic (exact) mass is 489 g/mol. The maximum atomic E-state index is 13.3. The number of imidazole rings is 1. The second kappa shape index (κ2) is 8.12. The fourth-order valence-corrected chi connectivity index (χ4v) is 5.01. The van der Waals surface area contributed by atoms with Crippen molar-refractivity contribution in [1.29, 1.82) is 0 Å². The average Bonchev–Trinajstić information content (AvgIpc) is 3.23. The normalized spacial score (nSPS) is 19.0. The van der Waals surface area contributed by atoms with Crippen molar-refractivity contribution in [3.8, 4) is 0 Å². The molecule has 1 aliphatic heterocycles. The van der Waals surface area contributed by atoms with E-state index in [-0.39, 0.29) is 11.4 Å². The third-order valence-electron chi connectivity index (χ3n) is 5.89. The quantitative estimate of drug-likeness (QED) is 0.536. The van der Waals surface area contributed by atoms with Crippen molar-refractivity contribution in [2.45, 2.75) is 37.4 Å². The molecule has 9 nitrogen and oxygen atoms in total. The van der Waals surface area contributed by atoms with Gasteiger partial charge in [-0.1, -0.05) is 23.7 Å². The Morgan fingerprint density at radius 3 is 2.39 bits per heavy atom. The minimum atomic E-state index is -3.62. The summed E-state index contributed by atoms with van der Waals surface area (Å²) in [6.07, 6.45) is 0. The zero-order valence-corrected chi connectivity index (χ0v) is 20.2. The number of benzene rings is 2. The number of amides is 3. The summed E-state index contributed by atoms with van der Waals surface area (Å²) in [5.41, 5.74) is 0.591. The molecule has 0 unspecified atom stereocenters. The number of nitrogens with zero attached hydrogens (tertiary/aromatic N) is 4. The van der Waals surface area contributed by atoms with Crippen LogP contribution in [0.15, 0.2) is 47.4 Å². The van der Waals surface area contributed by atoms with E-state index in [1.165, 1.54) is 26.2 Å². The molecule has 1 atom stereocenters. The van der Waals surface area contributed by atoms with Gasteiger partial charge in [-0.15, -0.1) is 0 Å². The lowest BCUT2D eigenvalue weighted by Gasteiger charge is -2.22. The van der Waals surface area contributed by atoms with E-state index in [1.54, 1.807) is 37.3 Å².